The number of morpholine rings is 1. The van der Waals surface area contributed by atoms with Crippen molar-refractivity contribution in [2.75, 3.05) is 19.7 Å². The molecule has 1 fully saturated rings. The fourth-order valence-electron chi connectivity index (χ4n) is 1.57. The Morgan fingerprint density at radius 1 is 1.46 bits per heavy atom. The maximum absolute atomic E-state index is 9.79. The number of hydrogen-bond acceptors (Lipinski definition) is 3. The van der Waals surface area contributed by atoms with Crippen LogP contribution in [0.15, 0.2) is 0 Å². The van der Waals surface area contributed by atoms with Gasteiger partial charge in [-0.25, -0.2) is 0 Å². The molecule has 0 radical (unpaired) electrons. The zero-order valence-corrected chi connectivity index (χ0v) is 9.08. The number of hydrogen-bond donors (Lipinski definition) is 1. The molecule has 0 aromatic heterocycles. The Bertz CT molecular complexity index is 163. The zero-order chi connectivity index (χ0) is 10.1. The van der Waals surface area contributed by atoms with Gasteiger partial charge in [0.25, 0.3) is 0 Å². The molecule has 1 aliphatic heterocycles. The highest BCUT2D eigenvalue weighted by molar-refractivity contribution is 4.85. The molecule has 13 heavy (non-hydrogen) atoms. The van der Waals surface area contributed by atoms with Crippen molar-refractivity contribution >= 4 is 0 Å². The minimum atomic E-state index is -0.729. The average Bonchev–Trinajstić information content (AvgIpc) is 2.03. The van der Waals surface area contributed by atoms with Crippen molar-refractivity contribution in [1.29, 1.82) is 0 Å². The van der Waals surface area contributed by atoms with E-state index in [9.17, 15) is 5.11 Å². The molecule has 1 saturated heterocycles. The summed E-state index contributed by atoms with van der Waals surface area (Å²) in [5.74, 6) is 0. The fraction of sp³-hybridized carbons (Fsp3) is 1.00. The van der Waals surface area contributed by atoms with Gasteiger partial charge in [0.2, 0.25) is 0 Å². The first-order valence-corrected chi connectivity index (χ1v) is 4.99. The molecule has 1 aliphatic rings. The molecule has 0 amide bonds. The first-order chi connectivity index (χ1) is 5.91. The lowest BCUT2D eigenvalue weighted by Crippen LogP contribution is -2.53. The van der Waals surface area contributed by atoms with Crippen LogP contribution in [0.2, 0.25) is 0 Å². The Kier molecular flexibility index (Phi) is 3.33. The largest absolute Gasteiger partial charge is 0.388 e. The third-order valence-corrected chi connectivity index (χ3v) is 2.62. The van der Waals surface area contributed by atoms with Crippen LogP contribution in [0.25, 0.3) is 0 Å². The van der Waals surface area contributed by atoms with Crippen LogP contribution in [0.1, 0.15) is 27.7 Å². The molecule has 0 unspecified atom stereocenters. The van der Waals surface area contributed by atoms with Crippen LogP contribution in [0.4, 0.5) is 0 Å². The second kappa shape index (κ2) is 3.95. The van der Waals surface area contributed by atoms with Crippen LogP contribution >= 0.6 is 0 Å². The van der Waals surface area contributed by atoms with Crippen LogP contribution in [-0.2, 0) is 4.74 Å². The molecule has 1 N–H and O–H groups in total. The third-order valence-electron chi connectivity index (χ3n) is 2.62. The van der Waals surface area contributed by atoms with Gasteiger partial charge in [0.15, 0.2) is 0 Å². The molecule has 0 bridgehead atoms. The van der Waals surface area contributed by atoms with Gasteiger partial charge in [-0.1, -0.05) is 0 Å². The number of rotatable bonds is 2. The molecule has 1 atom stereocenters. The predicted molar refractivity (Wildman–Crippen MR) is 52.7 cm³/mol. The molecule has 1 heterocycles. The van der Waals surface area contributed by atoms with Crippen molar-refractivity contribution in [2.24, 2.45) is 0 Å². The highest BCUT2D eigenvalue weighted by atomic mass is 16.5. The van der Waals surface area contributed by atoms with Crippen molar-refractivity contribution in [3.05, 3.63) is 0 Å². The SMILES string of the molecule is CC(C)N1CCO[C@@H](C(C)(C)O)C1. The average molecular weight is 187 g/mol. The highest BCUT2D eigenvalue weighted by Gasteiger charge is 2.32. The summed E-state index contributed by atoms with van der Waals surface area (Å²) in [5, 5.41) is 9.79. The fourth-order valence-corrected chi connectivity index (χ4v) is 1.57. The molecule has 78 valence electrons. The highest BCUT2D eigenvalue weighted by Crippen LogP contribution is 2.18. The summed E-state index contributed by atoms with van der Waals surface area (Å²) in [6, 6.07) is 0.536. The number of aliphatic hydroxyl groups is 1. The summed E-state index contributed by atoms with van der Waals surface area (Å²) in [6.07, 6.45) is -0.0522. The van der Waals surface area contributed by atoms with Crippen LogP contribution < -0.4 is 0 Å². The first kappa shape index (κ1) is 11.0. The van der Waals surface area contributed by atoms with E-state index in [1.807, 2.05) is 13.8 Å². The van der Waals surface area contributed by atoms with Gasteiger partial charge in [-0.3, -0.25) is 4.90 Å². The minimum Gasteiger partial charge on any atom is -0.388 e. The molecule has 0 aliphatic carbocycles. The van der Waals surface area contributed by atoms with Crippen LogP contribution in [0, 0.1) is 0 Å². The Labute approximate surface area is 80.7 Å². The van der Waals surface area contributed by atoms with E-state index in [1.165, 1.54) is 0 Å². The molecule has 0 aromatic carbocycles. The van der Waals surface area contributed by atoms with Crippen molar-refractivity contribution < 1.29 is 9.84 Å². The van der Waals surface area contributed by atoms with E-state index in [0.717, 1.165) is 19.7 Å². The van der Waals surface area contributed by atoms with Gasteiger partial charge < -0.3 is 9.84 Å². The summed E-state index contributed by atoms with van der Waals surface area (Å²) >= 11 is 0. The molecule has 1 rings (SSSR count). The topological polar surface area (TPSA) is 32.7 Å². The van der Waals surface area contributed by atoms with Crippen LogP contribution in [0.3, 0.4) is 0 Å². The second-order valence-electron chi connectivity index (χ2n) is 4.60. The third kappa shape index (κ3) is 2.93. The molecular formula is C10H21NO2. The van der Waals surface area contributed by atoms with E-state index in [4.69, 9.17) is 4.74 Å². The second-order valence-corrected chi connectivity index (χ2v) is 4.60. The molecular weight excluding hydrogens is 166 g/mol. The normalized spacial score (nSPS) is 26.8. The number of nitrogens with zero attached hydrogens (tertiary/aromatic N) is 1. The Hall–Kier alpha value is -0.120. The lowest BCUT2D eigenvalue weighted by molar-refractivity contribution is -0.131. The summed E-state index contributed by atoms with van der Waals surface area (Å²) in [7, 11) is 0. The number of ether oxygens (including phenoxy) is 1. The minimum absolute atomic E-state index is 0.0522. The van der Waals surface area contributed by atoms with Gasteiger partial charge >= 0.3 is 0 Å². The van der Waals surface area contributed by atoms with Gasteiger partial charge in [0.1, 0.15) is 0 Å². The van der Waals surface area contributed by atoms with Gasteiger partial charge in [-0.2, -0.15) is 0 Å². The smallest absolute Gasteiger partial charge is 0.0983 e. The Balaban J connectivity index is 2.52. The summed E-state index contributed by atoms with van der Waals surface area (Å²) < 4.78 is 5.53. The van der Waals surface area contributed by atoms with Gasteiger partial charge in [0, 0.05) is 19.1 Å². The van der Waals surface area contributed by atoms with E-state index in [0.29, 0.717) is 6.04 Å². The van der Waals surface area contributed by atoms with Crippen molar-refractivity contribution in [1.82, 2.24) is 4.90 Å². The standard InChI is InChI=1S/C10H21NO2/c1-8(2)11-5-6-13-9(7-11)10(3,4)12/h8-9,12H,5-7H2,1-4H3/t9-/m1/s1. The summed E-state index contributed by atoms with van der Waals surface area (Å²) in [4.78, 5) is 2.34. The van der Waals surface area contributed by atoms with E-state index in [-0.39, 0.29) is 6.10 Å². The van der Waals surface area contributed by atoms with Gasteiger partial charge in [-0.05, 0) is 27.7 Å². The van der Waals surface area contributed by atoms with E-state index in [1.54, 1.807) is 0 Å². The van der Waals surface area contributed by atoms with E-state index < -0.39 is 5.60 Å². The predicted octanol–water partition coefficient (Wildman–Crippen LogP) is 0.866. The van der Waals surface area contributed by atoms with Gasteiger partial charge in [0.05, 0.1) is 18.3 Å². The zero-order valence-electron chi connectivity index (χ0n) is 9.08. The maximum Gasteiger partial charge on any atom is 0.0983 e. The van der Waals surface area contributed by atoms with Crippen LogP contribution in [-0.4, -0.2) is 47.4 Å². The lowest BCUT2D eigenvalue weighted by Gasteiger charge is -2.40. The Morgan fingerprint density at radius 3 is 2.54 bits per heavy atom. The van der Waals surface area contributed by atoms with Crippen LogP contribution in [0.5, 0.6) is 0 Å². The summed E-state index contributed by atoms with van der Waals surface area (Å²) in [6.45, 7) is 10.5. The maximum atomic E-state index is 9.79. The first-order valence-electron chi connectivity index (χ1n) is 4.99. The van der Waals surface area contributed by atoms with Gasteiger partial charge in [-0.15, -0.1) is 0 Å². The van der Waals surface area contributed by atoms with E-state index in [2.05, 4.69) is 18.7 Å². The molecule has 0 saturated carbocycles. The quantitative estimate of drug-likeness (QED) is 0.696. The lowest BCUT2D eigenvalue weighted by atomic mass is 10.00. The van der Waals surface area contributed by atoms with E-state index >= 15 is 0 Å². The van der Waals surface area contributed by atoms with Crippen molar-refractivity contribution in [3.8, 4) is 0 Å². The van der Waals surface area contributed by atoms with Crippen molar-refractivity contribution in [3.63, 3.8) is 0 Å². The summed E-state index contributed by atoms with van der Waals surface area (Å²) in [5.41, 5.74) is -0.729. The monoisotopic (exact) mass is 187 g/mol. The molecule has 3 heteroatoms. The molecule has 3 nitrogen and oxygen atoms in total. The molecule has 0 spiro atoms. The molecule has 0 aromatic rings. The van der Waals surface area contributed by atoms with Crippen molar-refractivity contribution in [2.45, 2.75) is 45.4 Å². The Morgan fingerprint density at radius 2 is 2.08 bits per heavy atom.